The third kappa shape index (κ3) is 2.50. The van der Waals surface area contributed by atoms with E-state index in [1.807, 2.05) is 42.5 Å². The molecule has 1 aliphatic rings. The van der Waals surface area contributed by atoms with Gasteiger partial charge in [0.2, 0.25) is 0 Å². The summed E-state index contributed by atoms with van der Waals surface area (Å²) >= 11 is 0. The van der Waals surface area contributed by atoms with Crippen LogP contribution in [0.15, 0.2) is 66.2 Å². The molecule has 0 bridgehead atoms. The molecule has 0 aromatic heterocycles. The van der Waals surface area contributed by atoms with Crippen LogP contribution in [0.3, 0.4) is 0 Å². The first-order chi connectivity index (χ1) is 7.36. The minimum Gasteiger partial charge on any atom is -0.608 e. The highest BCUT2D eigenvalue weighted by Gasteiger charge is 1.95. The molecule has 76 valence electrons. The number of hydrogen-bond acceptors (Lipinski definition) is 2. The highest BCUT2D eigenvalue weighted by Crippen LogP contribution is 2.12. The molecule has 1 aliphatic carbocycles. The molecule has 0 spiro atoms. The molecular weight excluding hydrogens is 188 g/mol. The van der Waals surface area contributed by atoms with Crippen molar-refractivity contribution in [2.24, 2.45) is 0 Å². The van der Waals surface area contributed by atoms with E-state index in [4.69, 9.17) is 4.74 Å². The zero-order valence-corrected chi connectivity index (χ0v) is 8.22. The van der Waals surface area contributed by atoms with Gasteiger partial charge in [0, 0.05) is 6.61 Å². The lowest BCUT2D eigenvalue weighted by Gasteiger charge is -2.16. The van der Waals surface area contributed by atoms with Crippen molar-refractivity contribution < 1.29 is 9.84 Å². The van der Waals surface area contributed by atoms with Gasteiger partial charge in [-0.2, -0.15) is 0 Å². The first-order valence-corrected chi connectivity index (χ1v) is 4.79. The van der Waals surface area contributed by atoms with Crippen LogP contribution in [0.25, 0.3) is 0 Å². The third-order valence-corrected chi connectivity index (χ3v) is 2.11. The van der Waals surface area contributed by atoms with Crippen LogP contribution in [0.5, 0.6) is 0 Å². The maximum absolute atomic E-state index is 11.5. The van der Waals surface area contributed by atoms with Crippen molar-refractivity contribution in [2.75, 3.05) is 0 Å². The van der Waals surface area contributed by atoms with Gasteiger partial charge in [0.25, 0.3) is 0 Å². The predicted molar refractivity (Wildman–Crippen MR) is 56.5 cm³/mol. The molecule has 0 saturated heterocycles. The Hall–Kier alpha value is -1.96. The Morgan fingerprint density at radius 2 is 1.73 bits per heavy atom. The van der Waals surface area contributed by atoms with Crippen molar-refractivity contribution in [1.29, 1.82) is 0 Å². The highest BCUT2D eigenvalue weighted by atomic mass is 16.6. The lowest BCUT2D eigenvalue weighted by molar-refractivity contribution is -0.360. The van der Waals surface area contributed by atoms with Crippen molar-refractivity contribution in [2.45, 2.75) is 6.61 Å². The Morgan fingerprint density at radius 1 is 1.07 bits per heavy atom. The summed E-state index contributed by atoms with van der Waals surface area (Å²) in [4.78, 5) is 0. The van der Waals surface area contributed by atoms with Crippen molar-refractivity contribution in [3.05, 3.63) is 71.7 Å². The third-order valence-electron chi connectivity index (χ3n) is 2.11. The Morgan fingerprint density at radius 3 is 2.40 bits per heavy atom. The fourth-order valence-electron chi connectivity index (χ4n) is 1.32. The van der Waals surface area contributed by atoms with Gasteiger partial charge in [0.05, 0.1) is 5.95 Å². The van der Waals surface area contributed by atoms with Crippen LogP contribution >= 0.6 is 0 Å². The second-order valence-electron chi connectivity index (χ2n) is 3.24. The van der Waals surface area contributed by atoms with Gasteiger partial charge < -0.3 is 9.84 Å². The Kier molecular flexibility index (Phi) is 2.88. The fraction of sp³-hybridized carbons (Fsp3) is 0.0769. The summed E-state index contributed by atoms with van der Waals surface area (Å²) in [6.07, 6.45) is 7.12. The SMILES string of the molecule is [O-]C(OCc1ccccc1)=C1C=CC=C1. The van der Waals surface area contributed by atoms with Crippen molar-refractivity contribution in [1.82, 2.24) is 0 Å². The molecular formula is C13H11O2-. The molecule has 0 fully saturated rings. The standard InChI is InChI=1S/C13H12O2/c14-13(12-8-4-5-9-12)15-10-11-6-2-1-3-7-11/h1-9,14H,10H2/p-1. The quantitative estimate of drug-likeness (QED) is 0.696. The Balaban J connectivity index is 1.97. The minimum absolute atomic E-state index is 0.274. The summed E-state index contributed by atoms with van der Waals surface area (Å²) in [5.74, 6) is -0.274. The van der Waals surface area contributed by atoms with Crippen LogP contribution in [0.4, 0.5) is 0 Å². The van der Waals surface area contributed by atoms with E-state index >= 15 is 0 Å². The number of benzene rings is 1. The minimum atomic E-state index is -0.274. The lowest BCUT2D eigenvalue weighted by Crippen LogP contribution is -2.10. The molecule has 0 radical (unpaired) electrons. The monoisotopic (exact) mass is 199 g/mol. The smallest absolute Gasteiger partial charge is 0.0590 e. The van der Waals surface area contributed by atoms with Crippen LogP contribution in [-0.2, 0) is 11.3 Å². The van der Waals surface area contributed by atoms with Crippen molar-refractivity contribution in [3.8, 4) is 0 Å². The zero-order chi connectivity index (χ0) is 10.5. The Bertz CT molecular complexity index is 399. The van der Waals surface area contributed by atoms with Crippen molar-refractivity contribution in [3.63, 3.8) is 0 Å². The molecule has 0 saturated carbocycles. The molecule has 0 aliphatic heterocycles. The highest BCUT2D eigenvalue weighted by molar-refractivity contribution is 5.40. The first kappa shape index (κ1) is 9.59. The van der Waals surface area contributed by atoms with E-state index in [0.717, 1.165) is 5.56 Å². The van der Waals surface area contributed by atoms with Crippen LogP contribution in [0.1, 0.15) is 5.56 Å². The van der Waals surface area contributed by atoms with Crippen LogP contribution in [0.2, 0.25) is 0 Å². The maximum atomic E-state index is 11.5. The summed E-state index contributed by atoms with van der Waals surface area (Å²) in [5.41, 5.74) is 1.60. The van der Waals surface area contributed by atoms with Gasteiger partial charge in [-0.25, -0.2) is 0 Å². The number of ether oxygens (including phenoxy) is 1. The van der Waals surface area contributed by atoms with Crippen molar-refractivity contribution >= 4 is 0 Å². The van der Waals surface area contributed by atoms with E-state index in [9.17, 15) is 5.11 Å². The van der Waals surface area contributed by atoms with E-state index in [1.165, 1.54) is 0 Å². The second-order valence-corrected chi connectivity index (χ2v) is 3.24. The molecule has 0 heterocycles. The van der Waals surface area contributed by atoms with Gasteiger partial charge in [-0.1, -0.05) is 54.6 Å². The maximum Gasteiger partial charge on any atom is 0.0590 e. The van der Waals surface area contributed by atoms with Gasteiger partial charge in [-0.05, 0) is 11.1 Å². The molecule has 2 nitrogen and oxygen atoms in total. The van der Waals surface area contributed by atoms with Gasteiger partial charge >= 0.3 is 0 Å². The molecule has 2 rings (SSSR count). The van der Waals surface area contributed by atoms with E-state index in [0.29, 0.717) is 12.2 Å². The number of allylic oxidation sites excluding steroid dienone is 5. The average molecular weight is 199 g/mol. The molecule has 0 amide bonds. The van der Waals surface area contributed by atoms with Gasteiger partial charge in [-0.3, -0.25) is 0 Å². The summed E-state index contributed by atoms with van der Waals surface area (Å²) < 4.78 is 5.13. The Labute approximate surface area is 88.8 Å². The van der Waals surface area contributed by atoms with Gasteiger partial charge in [-0.15, -0.1) is 0 Å². The molecule has 15 heavy (non-hydrogen) atoms. The normalized spacial score (nSPS) is 13.2. The summed E-state index contributed by atoms with van der Waals surface area (Å²) in [5, 5.41) is 11.5. The first-order valence-electron chi connectivity index (χ1n) is 4.79. The number of hydrogen-bond donors (Lipinski definition) is 0. The molecule has 1 aromatic carbocycles. The lowest BCUT2D eigenvalue weighted by atomic mass is 10.2. The largest absolute Gasteiger partial charge is 0.608 e. The number of rotatable bonds is 3. The zero-order valence-electron chi connectivity index (χ0n) is 8.22. The van der Waals surface area contributed by atoms with E-state index in [1.54, 1.807) is 12.2 Å². The van der Waals surface area contributed by atoms with Crippen LogP contribution in [-0.4, -0.2) is 0 Å². The topological polar surface area (TPSA) is 32.3 Å². The molecule has 1 aromatic rings. The van der Waals surface area contributed by atoms with Gasteiger partial charge in [0.1, 0.15) is 0 Å². The molecule has 0 atom stereocenters. The summed E-state index contributed by atoms with van der Waals surface area (Å²) in [6, 6.07) is 9.64. The van der Waals surface area contributed by atoms with E-state index in [-0.39, 0.29) is 5.95 Å². The average Bonchev–Trinajstić information content (AvgIpc) is 2.81. The second kappa shape index (κ2) is 4.51. The summed E-state index contributed by atoms with van der Waals surface area (Å²) in [6.45, 7) is 0.324. The predicted octanol–water partition coefficient (Wildman–Crippen LogP) is 1.90. The molecule has 0 unspecified atom stereocenters. The van der Waals surface area contributed by atoms with E-state index < -0.39 is 0 Å². The van der Waals surface area contributed by atoms with Crippen LogP contribution in [0, 0.1) is 0 Å². The molecule has 0 N–H and O–H groups in total. The van der Waals surface area contributed by atoms with E-state index in [2.05, 4.69) is 0 Å². The van der Waals surface area contributed by atoms with Crippen LogP contribution < -0.4 is 5.11 Å². The van der Waals surface area contributed by atoms with Gasteiger partial charge in [0.15, 0.2) is 0 Å². The fourth-order valence-corrected chi connectivity index (χ4v) is 1.32. The summed E-state index contributed by atoms with van der Waals surface area (Å²) in [7, 11) is 0. The molecule has 2 heteroatoms.